The Kier molecular flexibility index (Phi) is 6.97. The molecule has 0 radical (unpaired) electrons. The Labute approximate surface area is 115 Å². The van der Waals surface area contributed by atoms with E-state index in [0.717, 1.165) is 30.8 Å². The van der Waals surface area contributed by atoms with E-state index < -0.39 is 10.0 Å². The molecule has 0 aliphatic heterocycles. The van der Waals surface area contributed by atoms with Crippen molar-refractivity contribution in [3.8, 4) is 0 Å². The van der Waals surface area contributed by atoms with Crippen molar-refractivity contribution in [2.75, 3.05) is 18.8 Å². The molecular weight excluding hydrogens is 262 g/mol. The van der Waals surface area contributed by atoms with E-state index in [4.69, 9.17) is 0 Å². The van der Waals surface area contributed by atoms with Crippen molar-refractivity contribution in [1.82, 2.24) is 15.0 Å². The van der Waals surface area contributed by atoms with Gasteiger partial charge >= 0.3 is 0 Å². The quantitative estimate of drug-likeness (QED) is 0.669. The Morgan fingerprint density at radius 2 is 2.11 bits per heavy atom. The lowest BCUT2D eigenvalue weighted by Gasteiger charge is -2.08. The molecule has 0 spiro atoms. The smallest absolute Gasteiger partial charge is 0.211 e. The van der Waals surface area contributed by atoms with Crippen LogP contribution >= 0.6 is 0 Å². The van der Waals surface area contributed by atoms with Gasteiger partial charge in [0.05, 0.1) is 18.0 Å². The lowest BCUT2D eigenvalue weighted by atomic mass is 10.2. The van der Waals surface area contributed by atoms with E-state index in [1.165, 1.54) is 0 Å². The molecule has 0 aliphatic rings. The largest absolute Gasteiger partial charge is 0.317 e. The maximum atomic E-state index is 11.8. The van der Waals surface area contributed by atoms with Gasteiger partial charge in [0, 0.05) is 6.20 Å². The molecule has 0 saturated heterocycles. The van der Waals surface area contributed by atoms with Crippen LogP contribution in [0.2, 0.25) is 0 Å². The number of aromatic nitrogens is 1. The molecule has 0 bridgehead atoms. The summed E-state index contributed by atoms with van der Waals surface area (Å²) < 4.78 is 26.2. The first-order valence-corrected chi connectivity index (χ1v) is 8.29. The van der Waals surface area contributed by atoms with Gasteiger partial charge in [-0.1, -0.05) is 13.0 Å². The molecule has 1 rings (SSSR count). The molecule has 108 valence electrons. The molecule has 2 N–H and O–H groups in total. The summed E-state index contributed by atoms with van der Waals surface area (Å²) in [6.07, 6.45) is 3.35. The Morgan fingerprint density at radius 3 is 2.79 bits per heavy atom. The predicted octanol–water partition coefficient (Wildman–Crippen LogP) is 1.20. The topological polar surface area (TPSA) is 71.1 Å². The Balaban J connectivity index is 2.33. The average molecular weight is 285 g/mol. The molecule has 1 aromatic heterocycles. The van der Waals surface area contributed by atoms with Crippen LogP contribution in [0.15, 0.2) is 18.3 Å². The second-order valence-corrected chi connectivity index (χ2v) is 6.44. The fraction of sp³-hybridized carbons (Fsp3) is 0.615. The first-order chi connectivity index (χ1) is 9.05. The Morgan fingerprint density at radius 1 is 1.32 bits per heavy atom. The van der Waals surface area contributed by atoms with E-state index in [2.05, 4.69) is 21.9 Å². The number of pyridine rings is 1. The summed E-state index contributed by atoms with van der Waals surface area (Å²) in [5.41, 5.74) is 1.77. The Hall–Kier alpha value is -0.980. The number of hydrogen-bond donors (Lipinski definition) is 2. The van der Waals surface area contributed by atoms with Crippen molar-refractivity contribution in [2.45, 2.75) is 33.2 Å². The van der Waals surface area contributed by atoms with Gasteiger partial charge in [-0.05, 0) is 44.5 Å². The van der Waals surface area contributed by atoms with Crippen LogP contribution in [0, 0.1) is 6.92 Å². The number of nitrogens with one attached hydrogen (secondary N) is 2. The van der Waals surface area contributed by atoms with Gasteiger partial charge in [-0.3, -0.25) is 4.98 Å². The average Bonchev–Trinajstić information content (AvgIpc) is 2.37. The third-order valence-electron chi connectivity index (χ3n) is 2.77. The van der Waals surface area contributed by atoms with Gasteiger partial charge in [0.1, 0.15) is 0 Å². The monoisotopic (exact) mass is 285 g/mol. The SMILES string of the molecule is CCCNCCCS(=O)(=O)NCc1ncccc1C. The van der Waals surface area contributed by atoms with E-state index in [-0.39, 0.29) is 12.3 Å². The van der Waals surface area contributed by atoms with Gasteiger partial charge in [0.15, 0.2) is 0 Å². The van der Waals surface area contributed by atoms with Gasteiger partial charge in [-0.15, -0.1) is 0 Å². The summed E-state index contributed by atoms with van der Waals surface area (Å²) in [6, 6.07) is 3.76. The van der Waals surface area contributed by atoms with Gasteiger partial charge in [0.25, 0.3) is 0 Å². The molecule has 1 aromatic rings. The fourth-order valence-corrected chi connectivity index (χ4v) is 2.67. The number of sulfonamides is 1. The molecule has 6 heteroatoms. The highest BCUT2D eigenvalue weighted by molar-refractivity contribution is 7.89. The molecule has 0 fully saturated rings. The van der Waals surface area contributed by atoms with Crippen LogP contribution < -0.4 is 10.0 Å². The molecule has 0 amide bonds. The molecule has 0 aliphatic carbocycles. The normalized spacial score (nSPS) is 11.7. The minimum Gasteiger partial charge on any atom is -0.317 e. The van der Waals surface area contributed by atoms with Crippen molar-refractivity contribution in [2.24, 2.45) is 0 Å². The second kappa shape index (κ2) is 8.24. The van der Waals surface area contributed by atoms with E-state index in [9.17, 15) is 8.42 Å². The summed E-state index contributed by atoms with van der Waals surface area (Å²) in [7, 11) is -3.21. The zero-order valence-electron chi connectivity index (χ0n) is 11.6. The van der Waals surface area contributed by atoms with Crippen LogP contribution in [-0.4, -0.2) is 32.2 Å². The first kappa shape index (κ1) is 16.1. The maximum Gasteiger partial charge on any atom is 0.211 e. The highest BCUT2D eigenvalue weighted by atomic mass is 32.2. The van der Waals surface area contributed by atoms with E-state index >= 15 is 0 Å². The van der Waals surface area contributed by atoms with Crippen LogP contribution in [0.3, 0.4) is 0 Å². The molecule has 19 heavy (non-hydrogen) atoms. The number of aryl methyl sites for hydroxylation is 1. The van der Waals surface area contributed by atoms with E-state index in [0.29, 0.717) is 6.42 Å². The van der Waals surface area contributed by atoms with Crippen LogP contribution in [0.5, 0.6) is 0 Å². The third-order valence-corrected chi connectivity index (χ3v) is 4.18. The summed E-state index contributed by atoms with van der Waals surface area (Å²) in [6.45, 7) is 5.93. The zero-order chi connectivity index (χ0) is 14.1. The van der Waals surface area contributed by atoms with Gasteiger partial charge in [0.2, 0.25) is 10.0 Å². The summed E-state index contributed by atoms with van der Waals surface area (Å²) in [4.78, 5) is 4.16. The van der Waals surface area contributed by atoms with Gasteiger partial charge in [-0.2, -0.15) is 0 Å². The lowest BCUT2D eigenvalue weighted by molar-refractivity contribution is 0.573. The molecule has 0 unspecified atom stereocenters. The number of hydrogen-bond acceptors (Lipinski definition) is 4. The molecule has 1 heterocycles. The van der Waals surface area contributed by atoms with Crippen LogP contribution in [0.4, 0.5) is 0 Å². The molecular formula is C13H23N3O2S. The van der Waals surface area contributed by atoms with Crippen molar-refractivity contribution >= 4 is 10.0 Å². The van der Waals surface area contributed by atoms with Crippen molar-refractivity contribution in [3.63, 3.8) is 0 Å². The molecule has 0 atom stereocenters. The standard InChI is InChI=1S/C13H23N3O2S/c1-3-7-14-8-5-10-19(17,18)16-11-13-12(2)6-4-9-15-13/h4,6,9,14,16H,3,5,7-8,10-11H2,1-2H3. The highest BCUT2D eigenvalue weighted by Gasteiger charge is 2.10. The van der Waals surface area contributed by atoms with Gasteiger partial charge < -0.3 is 5.32 Å². The number of nitrogens with zero attached hydrogens (tertiary/aromatic N) is 1. The summed E-state index contributed by atoms with van der Waals surface area (Å²) >= 11 is 0. The minimum atomic E-state index is -3.21. The lowest BCUT2D eigenvalue weighted by Crippen LogP contribution is -2.28. The maximum absolute atomic E-state index is 11.8. The van der Waals surface area contributed by atoms with Crippen molar-refractivity contribution in [1.29, 1.82) is 0 Å². The van der Waals surface area contributed by atoms with E-state index in [1.54, 1.807) is 6.20 Å². The molecule has 0 saturated carbocycles. The van der Waals surface area contributed by atoms with Crippen LogP contribution in [0.25, 0.3) is 0 Å². The minimum absolute atomic E-state index is 0.148. The third kappa shape index (κ3) is 6.66. The first-order valence-electron chi connectivity index (χ1n) is 6.63. The Bertz CT molecular complexity index is 475. The van der Waals surface area contributed by atoms with Gasteiger partial charge in [-0.25, -0.2) is 13.1 Å². The summed E-state index contributed by atoms with van der Waals surface area (Å²) in [5.74, 6) is 0.148. The predicted molar refractivity (Wildman–Crippen MR) is 77.4 cm³/mol. The van der Waals surface area contributed by atoms with E-state index in [1.807, 2.05) is 19.1 Å². The molecule has 0 aromatic carbocycles. The van der Waals surface area contributed by atoms with Crippen LogP contribution in [0.1, 0.15) is 31.0 Å². The molecule has 5 nitrogen and oxygen atoms in total. The zero-order valence-corrected chi connectivity index (χ0v) is 12.5. The van der Waals surface area contributed by atoms with Crippen LogP contribution in [-0.2, 0) is 16.6 Å². The second-order valence-electron chi connectivity index (χ2n) is 4.51. The number of rotatable bonds is 9. The fourth-order valence-electron chi connectivity index (χ4n) is 1.64. The van der Waals surface area contributed by atoms with Crippen molar-refractivity contribution in [3.05, 3.63) is 29.6 Å². The highest BCUT2D eigenvalue weighted by Crippen LogP contribution is 2.03. The summed E-state index contributed by atoms with van der Waals surface area (Å²) in [5, 5.41) is 3.19. The van der Waals surface area contributed by atoms with Crippen molar-refractivity contribution < 1.29 is 8.42 Å².